The number of carbonyl (C=O) groups excluding carboxylic acids is 1. The first-order valence-corrected chi connectivity index (χ1v) is 28.4. The Bertz CT molecular complexity index is 1350. The fraction of sp³-hybridized carbons (Fsp3) is 0.737. The lowest BCUT2D eigenvalue weighted by Gasteiger charge is -2.29. The van der Waals surface area contributed by atoms with E-state index in [-0.39, 0.29) is 19.1 Å². The maximum Gasteiger partial charge on any atom is 0.268 e. The highest BCUT2D eigenvalue weighted by Crippen LogP contribution is 2.38. The maximum atomic E-state index is 12.9. The second-order valence-corrected chi connectivity index (χ2v) is 20.6. The molecule has 0 aromatic rings. The largest absolute Gasteiger partial charge is 0.756 e. The van der Waals surface area contributed by atoms with Crippen LogP contribution in [0.3, 0.4) is 0 Å². The summed E-state index contributed by atoms with van der Waals surface area (Å²) in [5, 5.41) is 13.8. The summed E-state index contributed by atoms with van der Waals surface area (Å²) in [6, 6.07) is -0.891. The topological polar surface area (TPSA) is 108 Å². The van der Waals surface area contributed by atoms with Crippen molar-refractivity contribution in [2.75, 3.05) is 40.9 Å². The Kier molecular flexibility index (Phi) is 46.1. The summed E-state index contributed by atoms with van der Waals surface area (Å²) in [4.78, 5) is 25.4. The Morgan fingerprint density at radius 3 is 1.35 bits per heavy atom. The highest BCUT2D eigenvalue weighted by molar-refractivity contribution is 7.45. The van der Waals surface area contributed by atoms with Crippen molar-refractivity contribution in [2.45, 2.75) is 231 Å². The number of carbonyl (C=O) groups is 1. The van der Waals surface area contributed by atoms with Crippen molar-refractivity contribution in [2.24, 2.45) is 0 Å². The molecule has 0 aromatic carbocycles. The van der Waals surface area contributed by atoms with Crippen LogP contribution >= 0.6 is 7.82 Å². The van der Waals surface area contributed by atoms with Gasteiger partial charge in [-0.3, -0.25) is 9.36 Å². The van der Waals surface area contributed by atoms with Gasteiger partial charge in [-0.1, -0.05) is 227 Å². The van der Waals surface area contributed by atoms with E-state index in [9.17, 15) is 19.4 Å². The Hall–Kier alpha value is -2.32. The Morgan fingerprint density at radius 2 is 0.924 bits per heavy atom. The number of hydrogen-bond donors (Lipinski definition) is 2. The van der Waals surface area contributed by atoms with Crippen molar-refractivity contribution in [1.29, 1.82) is 0 Å². The summed E-state index contributed by atoms with van der Waals surface area (Å²) in [5.41, 5.74) is 0. The van der Waals surface area contributed by atoms with E-state index >= 15 is 0 Å². The minimum Gasteiger partial charge on any atom is -0.756 e. The predicted octanol–water partition coefficient (Wildman–Crippen LogP) is 15.5. The standard InChI is InChI=1S/C57H103N2O6P/c1-6-8-10-12-14-16-18-20-21-22-23-24-25-26-27-28-29-30-31-32-33-34-35-36-37-39-41-43-45-47-49-51-57(61)58-55(54-65-66(62,63)64-53-52-59(3,4)5)56(60)50-48-46-44-42-40-38-19-17-15-13-11-9-7-2/h8,10,14,16,20-21,23-24,26-27,29-30,48,50,55-56,60H,6-7,9,11-13,15,17-19,22,25,28,31-47,49,51-54H2,1-5H3,(H-,58,61,62,63)/b10-8-,16-14-,21-20-,24-23-,27-26-,30-29-,50-48+. The van der Waals surface area contributed by atoms with E-state index in [0.29, 0.717) is 17.4 Å². The van der Waals surface area contributed by atoms with Crippen molar-refractivity contribution in [3.63, 3.8) is 0 Å². The third-order valence-corrected chi connectivity index (χ3v) is 12.6. The van der Waals surface area contributed by atoms with Crippen molar-refractivity contribution in [3.8, 4) is 0 Å². The number of allylic oxidation sites excluding steroid dienone is 13. The van der Waals surface area contributed by atoms with Crippen LogP contribution in [0.5, 0.6) is 0 Å². The van der Waals surface area contributed by atoms with Crippen LogP contribution in [0.2, 0.25) is 0 Å². The third-order valence-electron chi connectivity index (χ3n) is 11.6. The van der Waals surface area contributed by atoms with Gasteiger partial charge < -0.3 is 28.8 Å². The first-order chi connectivity index (χ1) is 32.0. The number of unbranched alkanes of at least 4 members (excludes halogenated alkanes) is 23. The fourth-order valence-electron chi connectivity index (χ4n) is 7.39. The minimum atomic E-state index is -4.60. The van der Waals surface area contributed by atoms with E-state index in [4.69, 9.17) is 9.05 Å². The molecule has 0 saturated carbocycles. The smallest absolute Gasteiger partial charge is 0.268 e. The van der Waals surface area contributed by atoms with Crippen LogP contribution in [-0.4, -0.2) is 68.5 Å². The van der Waals surface area contributed by atoms with Gasteiger partial charge in [-0.15, -0.1) is 0 Å². The molecule has 8 nitrogen and oxygen atoms in total. The van der Waals surface area contributed by atoms with Crippen molar-refractivity contribution in [1.82, 2.24) is 5.32 Å². The molecule has 0 saturated heterocycles. The summed E-state index contributed by atoms with van der Waals surface area (Å²) >= 11 is 0. The molecule has 0 heterocycles. The average Bonchev–Trinajstić information content (AvgIpc) is 3.28. The molecule has 0 aliphatic carbocycles. The Balaban J connectivity index is 4.15. The van der Waals surface area contributed by atoms with Gasteiger partial charge in [-0.2, -0.15) is 0 Å². The summed E-state index contributed by atoms with van der Waals surface area (Å²) in [6.45, 7) is 4.52. The van der Waals surface area contributed by atoms with Gasteiger partial charge in [0.25, 0.3) is 7.82 Å². The highest BCUT2D eigenvalue weighted by Gasteiger charge is 2.23. The van der Waals surface area contributed by atoms with Crippen molar-refractivity contribution >= 4 is 13.7 Å². The molecule has 0 radical (unpaired) electrons. The molecule has 0 rings (SSSR count). The van der Waals surface area contributed by atoms with Crippen LogP contribution in [0.25, 0.3) is 0 Å². The Morgan fingerprint density at radius 1 is 0.545 bits per heavy atom. The van der Waals surface area contributed by atoms with Gasteiger partial charge in [0.2, 0.25) is 5.91 Å². The number of phosphoric ester groups is 1. The van der Waals surface area contributed by atoms with Crippen molar-refractivity contribution in [3.05, 3.63) is 85.1 Å². The van der Waals surface area contributed by atoms with Gasteiger partial charge in [0.05, 0.1) is 39.9 Å². The molecule has 3 unspecified atom stereocenters. The van der Waals surface area contributed by atoms with Gasteiger partial charge in [-0.05, 0) is 70.6 Å². The highest BCUT2D eigenvalue weighted by atomic mass is 31.2. The second kappa shape index (κ2) is 47.7. The number of likely N-dealkylation sites (N-methyl/N-ethyl adjacent to an activating group) is 1. The molecular weight excluding hydrogens is 840 g/mol. The second-order valence-electron chi connectivity index (χ2n) is 19.2. The number of hydrogen-bond acceptors (Lipinski definition) is 6. The first-order valence-electron chi connectivity index (χ1n) is 26.9. The van der Waals surface area contributed by atoms with E-state index in [1.165, 1.54) is 122 Å². The lowest BCUT2D eigenvalue weighted by atomic mass is 10.0. The third kappa shape index (κ3) is 49.6. The van der Waals surface area contributed by atoms with Gasteiger partial charge in [0.1, 0.15) is 13.2 Å². The molecular formula is C57H103N2O6P. The molecule has 0 bridgehead atoms. The monoisotopic (exact) mass is 943 g/mol. The zero-order valence-corrected chi connectivity index (χ0v) is 44.3. The van der Waals surface area contributed by atoms with E-state index in [1.807, 2.05) is 27.2 Å². The summed E-state index contributed by atoms with van der Waals surface area (Å²) < 4.78 is 23.3. The zero-order chi connectivity index (χ0) is 48.5. The van der Waals surface area contributed by atoms with Crippen LogP contribution in [0.15, 0.2) is 85.1 Å². The molecule has 0 aliphatic rings. The molecule has 66 heavy (non-hydrogen) atoms. The minimum absolute atomic E-state index is 0.00441. The van der Waals surface area contributed by atoms with Crippen LogP contribution < -0.4 is 10.2 Å². The first kappa shape index (κ1) is 63.7. The number of phosphoric acid groups is 1. The number of aliphatic hydroxyl groups excluding tert-OH is 1. The summed E-state index contributed by atoms with van der Waals surface area (Å²) in [5.74, 6) is -0.203. The quantitative estimate of drug-likeness (QED) is 0.0272. The van der Waals surface area contributed by atoms with E-state index in [1.54, 1.807) is 6.08 Å². The predicted molar refractivity (Wildman–Crippen MR) is 283 cm³/mol. The number of aliphatic hydroxyl groups is 1. The number of amides is 1. The molecule has 9 heteroatoms. The fourth-order valence-corrected chi connectivity index (χ4v) is 8.11. The maximum absolute atomic E-state index is 12.9. The van der Waals surface area contributed by atoms with Gasteiger partial charge >= 0.3 is 0 Å². The zero-order valence-electron chi connectivity index (χ0n) is 43.4. The molecule has 3 atom stereocenters. The van der Waals surface area contributed by atoms with Crippen molar-refractivity contribution < 1.29 is 32.9 Å². The molecule has 1 amide bonds. The normalized spacial score (nSPS) is 14.7. The average molecular weight is 943 g/mol. The summed E-state index contributed by atoms with van der Waals surface area (Å²) in [6.07, 6.45) is 66.5. The van der Waals surface area contributed by atoms with Crippen LogP contribution in [-0.2, 0) is 18.4 Å². The molecule has 382 valence electrons. The van der Waals surface area contributed by atoms with E-state index in [0.717, 1.165) is 77.0 Å². The number of nitrogens with one attached hydrogen (secondary N) is 1. The summed E-state index contributed by atoms with van der Waals surface area (Å²) in [7, 11) is 1.25. The number of quaternary nitrogens is 1. The Labute approximate surface area is 407 Å². The van der Waals surface area contributed by atoms with Gasteiger partial charge in [0.15, 0.2) is 0 Å². The van der Waals surface area contributed by atoms with Crippen LogP contribution in [0.4, 0.5) is 0 Å². The molecule has 0 spiro atoms. The molecule has 2 N–H and O–H groups in total. The molecule has 0 fully saturated rings. The van der Waals surface area contributed by atoms with Crippen LogP contribution in [0, 0.1) is 0 Å². The molecule has 0 aromatic heterocycles. The lowest BCUT2D eigenvalue weighted by Crippen LogP contribution is -2.45. The van der Waals surface area contributed by atoms with Gasteiger partial charge in [-0.25, -0.2) is 0 Å². The number of rotatable bonds is 48. The lowest BCUT2D eigenvalue weighted by molar-refractivity contribution is -0.870. The van der Waals surface area contributed by atoms with E-state index in [2.05, 4.69) is 92.1 Å². The van der Waals surface area contributed by atoms with Gasteiger partial charge in [0, 0.05) is 6.42 Å². The van der Waals surface area contributed by atoms with E-state index < -0.39 is 20.0 Å². The molecule has 0 aliphatic heterocycles. The number of nitrogens with zero attached hydrogens (tertiary/aromatic N) is 1. The SMILES string of the molecule is CC/C=C\C/C=C\C/C=C\C/C=C\C/C=C\C/C=C\CCCCCCCCCCCCCCC(=O)NC(COP(=O)([O-])OCC[N+](C)(C)C)C(O)/C=C/CCCCCCCCCCCCC. The van der Waals surface area contributed by atoms with Crippen LogP contribution in [0.1, 0.15) is 219 Å².